The Kier molecular flexibility index (Phi) is 6.50. The molecule has 0 bridgehead atoms. The topological polar surface area (TPSA) is 68.1 Å². The quantitative estimate of drug-likeness (QED) is 0.240. The molecule has 0 N–H and O–H groups in total. The molecule has 0 aliphatic carbocycles. The summed E-state index contributed by atoms with van der Waals surface area (Å²) in [6.07, 6.45) is 0. The molecule has 0 saturated carbocycles. The lowest BCUT2D eigenvalue weighted by Crippen LogP contribution is -2.55. The van der Waals surface area contributed by atoms with Crippen LogP contribution in [0.25, 0.3) is 0 Å². The Balaban J connectivity index is 1.76. The van der Waals surface area contributed by atoms with Crippen LogP contribution in [0, 0.1) is 0 Å². The number of rotatable bonds is 6. The van der Waals surface area contributed by atoms with Gasteiger partial charge in [-0.05, 0) is 36.4 Å². The van der Waals surface area contributed by atoms with Crippen LogP contribution in [0.15, 0.2) is 95.1 Å². The predicted octanol–water partition coefficient (Wildman–Crippen LogP) is 3.77. The van der Waals surface area contributed by atoms with Gasteiger partial charge in [0, 0.05) is 39.3 Å². The van der Waals surface area contributed by atoms with E-state index in [1.165, 1.54) is 0 Å². The maximum absolute atomic E-state index is 6.39. The molecule has 3 aromatic carbocycles. The van der Waals surface area contributed by atoms with Crippen LogP contribution in [0.3, 0.4) is 0 Å². The fourth-order valence-corrected chi connectivity index (χ4v) is 4.97. The Labute approximate surface area is 194 Å². The van der Waals surface area contributed by atoms with Crippen LogP contribution < -0.4 is 8.85 Å². The van der Waals surface area contributed by atoms with Gasteiger partial charge in [0.15, 0.2) is 11.5 Å². The van der Waals surface area contributed by atoms with Crippen LogP contribution in [0.5, 0.6) is 11.5 Å². The maximum Gasteiger partial charge on any atom is 0.969 e. The van der Waals surface area contributed by atoms with Crippen LogP contribution in [0.1, 0.15) is 11.1 Å². The van der Waals surface area contributed by atoms with Gasteiger partial charge in [-0.15, -0.1) is 10.2 Å². The molecule has 0 spiro atoms. The minimum Gasteiger partial charge on any atom is -0.448 e. The first-order valence-corrected chi connectivity index (χ1v) is 12.1. The van der Waals surface area contributed by atoms with Gasteiger partial charge >= 0.3 is 9.05 Å². The normalized spacial score (nSPS) is 14.5. The Hall–Kier alpha value is -3.98. The standard InChI is InChI=1S/C24H26N4O4Si/c1-27(2)25-23(19-13-7-5-8-14-19)31-33(29-21-17-11-12-18-22(21)30-33)32-24(26-28(3)4)20-15-9-6-10-16-20/h5-18H,1-4H3/b25-23+,26-24+. The van der Waals surface area contributed by atoms with E-state index in [0.717, 1.165) is 11.1 Å². The first-order valence-electron chi connectivity index (χ1n) is 10.4. The van der Waals surface area contributed by atoms with Crippen molar-refractivity contribution in [3.05, 3.63) is 96.1 Å². The monoisotopic (exact) mass is 462 g/mol. The van der Waals surface area contributed by atoms with Crippen molar-refractivity contribution in [3.63, 3.8) is 0 Å². The highest BCUT2D eigenvalue weighted by molar-refractivity contribution is 6.61. The van der Waals surface area contributed by atoms with Crippen molar-refractivity contribution in [1.29, 1.82) is 0 Å². The van der Waals surface area contributed by atoms with E-state index in [1.807, 2.05) is 113 Å². The number of para-hydroxylation sites is 2. The third-order valence-electron chi connectivity index (χ3n) is 4.39. The van der Waals surface area contributed by atoms with Gasteiger partial charge in [0.2, 0.25) is 11.8 Å². The fourth-order valence-electron chi connectivity index (χ4n) is 3.05. The molecule has 1 aliphatic heterocycles. The lowest BCUT2D eigenvalue weighted by molar-refractivity contribution is 0.174. The van der Waals surface area contributed by atoms with Crippen molar-refractivity contribution in [3.8, 4) is 11.5 Å². The SMILES string of the molecule is CN(C)/N=C(/O[Si]1(O/C(=N/N(C)C)c2ccccc2)Oc2ccccc2O1)c1ccccc1. The van der Waals surface area contributed by atoms with Crippen molar-refractivity contribution in [2.75, 3.05) is 28.2 Å². The van der Waals surface area contributed by atoms with E-state index in [0.29, 0.717) is 23.3 Å². The smallest absolute Gasteiger partial charge is 0.448 e. The first kappa shape index (κ1) is 22.2. The molecule has 0 amide bonds. The number of fused-ring (bicyclic) bond motifs is 1. The predicted molar refractivity (Wildman–Crippen MR) is 129 cm³/mol. The third kappa shape index (κ3) is 5.44. The van der Waals surface area contributed by atoms with Crippen LogP contribution in [-0.4, -0.2) is 59.1 Å². The first-order chi connectivity index (χ1) is 15.9. The summed E-state index contributed by atoms with van der Waals surface area (Å²) in [6.45, 7) is 0. The molecule has 33 heavy (non-hydrogen) atoms. The van der Waals surface area contributed by atoms with Crippen LogP contribution in [-0.2, 0) is 8.85 Å². The molecular weight excluding hydrogens is 436 g/mol. The summed E-state index contributed by atoms with van der Waals surface area (Å²) in [5, 5.41) is 12.4. The van der Waals surface area contributed by atoms with Crippen molar-refractivity contribution < 1.29 is 17.7 Å². The molecule has 0 unspecified atom stereocenters. The van der Waals surface area contributed by atoms with E-state index in [-0.39, 0.29) is 0 Å². The van der Waals surface area contributed by atoms with Gasteiger partial charge in [-0.2, -0.15) is 0 Å². The molecule has 0 atom stereocenters. The summed E-state index contributed by atoms with van der Waals surface area (Å²) in [4.78, 5) is 0. The third-order valence-corrected chi connectivity index (χ3v) is 6.21. The molecule has 8 nitrogen and oxygen atoms in total. The molecule has 0 radical (unpaired) electrons. The van der Waals surface area contributed by atoms with Gasteiger partial charge in [-0.25, -0.2) is 0 Å². The molecule has 1 heterocycles. The van der Waals surface area contributed by atoms with Crippen molar-refractivity contribution >= 4 is 20.8 Å². The number of hydrogen-bond donors (Lipinski definition) is 0. The summed E-state index contributed by atoms with van der Waals surface area (Å²) in [6, 6.07) is 26.5. The Morgan fingerprint density at radius 3 is 1.33 bits per heavy atom. The van der Waals surface area contributed by atoms with Gasteiger partial charge in [-0.1, -0.05) is 48.5 Å². The second kappa shape index (κ2) is 9.66. The zero-order chi connectivity index (χ0) is 23.3. The summed E-state index contributed by atoms with van der Waals surface area (Å²) >= 11 is 0. The van der Waals surface area contributed by atoms with E-state index in [4.69, 9.17) is 17.7 Å². The van der Waals surface area contributed by atoms with E-state index in [9.17, 15) is 0 Å². The van der Waals surface area contributed by atoms with Crippen molar-refractivity contribution in [2.24, 2.45) is 10.2 Å². The average Bonchev–Trinajstić information content (AvgIpc) is 3.16. The summed E-state index contributed by atoms with van der Waals surface area (Å²) in [5.74, 6) is 1.71. The minimum atomic E-state index is -3.88. The Morgan fingerprint density at radius 1 is 0.606 bits per heavy atom. The molecule has 1 aliphatic rings. The Bertz CT molecular complexity index is 1050. The molecule has 4 rings (SSSR count). The molecule has 3 aromatic rings. The largest absolute Gasteiger partial charge is 0.969 e. The lowest BCUT2D eigenvalue weighted by Gasteiger charge is -2.24. The van der Waals surface area contributed by atoms with Crippen molar-refractivity contribution in [2.45, 2.75) is 0 Å². The number of hydrazone groups is 2. The molecular formula is C24H26N4O4Si. The molecule has 0 saturated heterocycles. The number of benzene rings is 3. The fraction of sp³-hybridized carbons (Fsp3) is 0.167. The maximum atomic E-state index is 6.39. The lowest BCUT2D eigenvalue weighted by atomic mass is 10.2. The second-order valence-electron chi connectivity index (χ2n) is 7.59. The highest BCUT2D eigenvalue weighted by Crippen LogP contribution is 2.38. The molecule has 0 fully saturated rings. The average molecular weight is 463 g/mol. The molecule has 0 aromatic heterocycles. The van der Waals surface area contributed by atoms with E-state index in [2.05, 4.69) is 10.2 Å². The zero-order valence-corrected chi connectivity index (χ0v) is 20.0. The van der Waals surface area contributed by atoms with Crippen LogP contribution >= 0.6 is 0 Å². The summed E-state index contributed by atoms with van der Waals surface area (Å²) in [5.41, 5.74) is 1.52. The van der Waals surface area contributed by atoms with Gasteiger partial charge in [0.05, 0.1) is 0 Å². The van der Waals surface area contributed by atoms with E-state index in [1.54, 1.807) is 10.0 Å². The number of nitrogens with zero attached hydrogens (tertiary/aromatic N) is 4. The van der Waals surface area contributed by atoms with Gasteiger partial charge < -0.3 is 17.7 Å². The van der Waals surface area contributed by atoms with Gasteiger partial charge in [0.25, 0.3) is 0 Å². The molecule has 9 heteroatoms. The molecule has 170 valence electrons. The second-order valence-corrected chi connectivity index (χ2v) is 9.41. The van der Waals surface area contributed by atoms with E-state index < -0.39 is 9.05 Å². The minimum absolute atomic E-state index is 0.317. The highest BCUT2D eigenvalue weighted by Gasteiger charge is 2.64. The van der Waals surface area contributed by atoms with Crippen LogP contribution in [0.4, 0.5) is 0 Å². The Morgan fingerprint density at radius 2 is 0.970 bits per heavy atom. The number of hydrogen-bond acceptors (Lipinski definition) is 8. The van der Waals surface area contributed by atoms with Crippen molar-refractivity contribution in [1.82, 2.24) is 10.0 Å². The van der Waals surface area contributed by atoms with Crippen LogP contribution in [0.2, 0.25) is 0 Å². The van der Waals surface area contributed by atoms with E-state index >= 15 is 0 Å². The zero-order valence-electron chi connectivity index (χ0n) is 19.0. The summed E-state index contributed by atoms with van der Waals surface area (Å²) in [7, 11) is 3.38. The van der Waals surface area contributed by atoms with Gasteiger partial charge in [-0.3, -0.25) is 10.0 Å². The highest BCUT2D eigenvalue weighted by atomic mass is 28.4. The van der Waals surface area contributed by atoms with Gasteiger partial charge in [0.1, 0.15) is 0 Å². The summed E-state index contributed by atoms with van der Waals surface area (Å²) < 4.78 is 25.3.